The molecule has 0 heterocycles. The summed E-state index contributed by atoms with van der Waals surface area (Å²) in [5.41, 5.74) is 6.56. The molecule has 0 aromatic heterocycles. The van der Waals surface area contributed by atoms with Crippen molar-refractivity contribution in [3.63, 3.8) is 0 Å². The van der Waals surface area contributed by atoms with E-state index in [4.69, 9.17) is 10.5 Å². The molecule has 1 aromatic carbocycles. The maximum absolute atomic E-state index is 11.6. The van der Waals surface area contributed by atoms with Crippen LogP contribution in [0.15, 0.2) is 30.3 Å². The van der Waals surface area contributed by atoms with Gasteiger partial charge in [0.1, 0.15) is 5.60 Å². The van der Waals surface area contributed by atoms with Crippen LogP contribution in [0.1, 0.15) is 52.0 Å². The van der Waals surface area contributed by atoms with E-state index in [1.54, 1.807) is 0 Å². The molecule has 0 fully saturated rings. The van der Waals surface area contributed by atoms with E-state index < -0.39 is 5.60 Å². The molecule has 0 unspecified atom stereocenters. The van der Waals surface area contributed by atoms with Gasteiger partial charge >= 0.3 is 6.09 Å². The second kappa shape index (κ2) is 11.9. The van der Waals surface area contributed by atoms with Crippen LogP contribution in [0.4, 0.5) is 4.79 Å². The number of rotatable bonds is 11. The van der Waals surface area contributed by atoms with Crippen LogP contribution in [0.3, 0.4) is 0 Å². The summed E-state index contributed by atoms with van der Waals surface area (Å²) in [5, 5.41) is 2.81. The van der Waals surface area contributed by atoms with Crippen molar-refractivity contribution in [1.29, 1.82) is 0 Å². The van der Waals surface area contributed by atoms with Gasteiger partial charge in [0.2, 0.25) is 0 Å². The van der Waals surface area contributed by atoms with Crippen molar-refractivity contribution in [2.75, 3.05) is 26.2 Å². The number of hydrogen-bond acceptors (Lipinski definition) is 4. The third kappa shape index (κ3) is 11.6. The van der Waals surface area contributed by atoms with Gasteiger partial charge < -0.3 is 15.8 Å². The fourth-order valence-electron chi connectivity index (χ4n) is 2.57. The Balaban J connectivity index is 2.20. The van der Waals surface area contributed by atoms with E-state index >= 15 is 0 Å². The van der Waals surface area contributed by atoms with Gasteiger partial charge in [-0.25, -0.2) is 4.79 Å². The van der Waals surface area contributed by atoms with Crippen LogP contribution in [-0.2, 0) is 11.3 Å². The van der Waals surface area contributed by atoms with Crippen molar-refractivity contribution in [2.24, 2.45) is 5.73 Å². The normalized spacial score (nSPS) is 11.6. The molecular formula is C20H35N3O2. The first-order valence-electron chi connectivity index (χ1n) is 9.34. The minimum atomic E-state index is -0.439. The van der Waals surface area contributed by atoms with Crippen LogP contribution in [0.25, 0.3) is 0 Å². The summed E-state index contributed by atoms with van der Waals surface area (Å²) in [6.45, 7) is 10.1. The number of amides is 1. The fourth-order valence-corrected chi connectivity index (χ4v) is 2.57. The zero-order valence-corrected chi connectivity index (χ0v) is 16.1. The highest BCUT2D eigenvalue weighted by atomic mass is 16.6. The largest absolute Gasteiger partial charge is 0.444 e. The standard InChI is InChI=1S/C20H35N3O2/c1-20(2,3)25-19(24)22-14-8-5-9-15-23(16-10-13-21)17-18-11-6-4-7-12-18/h4,6-7,11-12H,5,8-10,13-17,21H2,1-3H3,(H,22,24). The molecule has 0 aliphatic rings. The van der Waals surface area contributed by atoms with E-state index in [0.29, 0.717) is 6.54 Å². The maximum atomic E-state index is 11.6. The summed E-state index contributed by atoms with van der Waals surface area (Å²) in [6, 6.07) is 10.5. The minimum absolute atomic E-state index is 0.332. The topological polar surface area (TPSA) is 67.6 Å². The Hall–Kier alpha value is -1.59. The molecule has 0 radical (unpaired) electrons. The van der Waals surface area contributed by atoms with Crippen molar-refractivity contribution in [3.8, 4) is 0 Å². The van der Waals surface area contributed by atoms with Gasteiger partial charge in [0.15, 0.2) is 0 Å². The average molecular weight is 350 g/mol. The number of nitrogens with zero attached hydrogens (tertiary/aromatic N) is 1. The second-order valence-electron chi connectivity index (χ2n) is 7.39. The molecule has 1 rings (SSSR count). The lowest BCUT2D eigenvalue weighted by Crippen LogP contribution is -2.33. The Morgan fingerprint density at radius 1 is 1.08 bits per heavy atom. The SMILES string of the molecule is CC(C)(C)OC(=O)NCCCCCN(CCCN)Cc1ccccc1. The zero-order chi connectivity index (χ0) is 18.5. The molecule has 0 bridgehead atoms. The van der Waals surface area contributed by atoms with Gasteiger partial charge in [-0.15, -0.1) is 0 Å². The molecule has 1 aromatic rings. The number of alkyl carbamates (subject to hydrolysis) is 1. The number of hydrogen-bond donors (Lipinski definition) is 2. The molecule has 142 valence electrons. The van der Waals surface area contributed by atoms with E-state index in [9.17, 15) is 4.79 Å². The van der Waals surface area contributed by atoms with E-state index in [1.807, 2.05) is 26.8 Å². The van der Waals surface area contributed by atoms with E-state index in [1.165, 1.54) is 5.56 Å². The first-order chi connectivity index (χ1) is 11.9. The molecule has 0 saturated heterocycles. The number of nitrogens with one attached hydrogen (secondary N) is 1. The minimum Gasteiger partial charge on any atom is -0.444 e. The second-order valence-corrected chi connectivity index (χ2v) is 7.39. The van der Waals surface area contributed by atoms with Gasteiger partial charge in [-0.2, -0.15) is 0 Å². The van der Waals surface area contributed by atoms with Crippen molar-refractivity contribution in [2.45, 2.75) is 58.6 Å². The molecule has 0 aliphatic heterocycles. The summed E-state index contributed by atoms with van der Waals surface area (Å²) in [4.78, 5) is 14.0. The third-order valence-corrected chi connectivity index (χ3v) is 3.75. The number of unbranched alkanes of at least 4 members (excludes halogenated alkanes) is 2. The lowest BCUT2D eigenvalue weighted by Gasteiger charge is -2.22. The van der Waals surface area contributed by atoms with Crippen LogP contribution in [0, 0.1) is 0 Å². The molecule has 25 heavy (non-hydrogen) atoms. The van der Waals surface area contributed by atoms with Gasteiger partial charge in [-0.05, 0) is 65.2 Å². The van der Waals surface area contributed by atoms with Crippen LogP contribution in [-0.4, -0.2) is 42.8 Å². The highest BCUT2D eigenvalue weighted by Crippen LogP contribution is 2.08. The predicted octanol–water partition coefficient (Wildman–Crippen LogP) is 3.53. The zero-order valence-electron chi connectivity index (χ0n) is 16.1. The van der Waals surface area contributed by atoms with Crippen LogP contribution in [0.5, 0.6) is 0 Å². The molecule has 5 heteroatoms. The Morgan fingerprint density at radius 2 is 1.76 bits per heavy atom. The number of carbonyl (C=O) groups excluding carboxylic acids is 1. The van der Waals surface area contributed by atoms with E-state index in [2.05, 4.69) is 34.5 Å². The van der Waals surface area contributed by atoms with Crippen LogP contribution in [0.2, 0.25) is 0 Å². The van der Waals surface area contributed by atoms with Gasteiger partial charge in [-0.3, -0.25) is 4.90 Å². The lowest BCUT2D eigenvalue weighted by atomic mass is 10.2. The predicted molar refractivity (Wildman–Crippen MR) is 103 cm³/mol. The van der Waals surface area contributed by atoms with E-state index in [-0.39, 0.29) is 6.09 Å². The number of benzene rings is 1. The van der Waals surface area contributed by atoms with Gasteiger partial charge in [0.25, 0.3) is 0 Å². The lowest BCUT2D eigenvalue weighted by molar-refractivity contribution is 0.0527. The summed E-state index contributed by atoms with van der Waals surface area (Å²) in [5.74, 6) is 0. The summed E-state index contributed by atoms with van der Waals surface area (Å²) in [6.07, 6.45) is 3.86. The Bertz CT molecular complexity index is 472. The summed E-state index contributed by atoms with van der Waals surface area (Å²) < 4.78 is 5.22. The number of ether oxygens (including phenoxy) is 1. The smallest absolute Gasteiger partial charge is 0.407 e. The molecule has 0 spiro atoms. The van der Waals surface area contributed by atoms with Gasteiger partial charge in [0, 0.05) is 13.1 Å². The molecule has 5 nitrogen and oxygen atoms in total. The Kier molecular flexibility index (Phi) is 10.2. The van der Waals surface area contributed by atoms with Gasteiger partial charge in [0.05, 0.1) is 0 Å². The Labute approximate surface area is 152 Å². The summed E-state index contributed by atoms with van der Waals surface area (Å²) in [7, 11) is 0. The molecule has 0 aliphatic carbocycles. The highest BCUT2D eigenvalue weighted by molar-refractivity contribution is 5.67. The molecule has 1 amide bonds. The first kappa shape index (κ1) is 21.5. The monoisotopic (exact) mass is 349 g/mol. The number of nitrogens with two attached hydrogens (primary N) is 1. The first-order valence-corrected chi connectivity index (χ1v) is 9.34. The van der Waals surface area contributed by atoms with Crippen molar-refractivity contribution >= 4 is 6.09 Å². The van der Waals surface area contributed by atoms with Crippen molar-refractivity contribution in [1.82, 2.24) is 10.2 Å². The van der Waals surface area contributed by atoms with Crippen LogP contribution < -0.4 is 11.1 Å². The third-order valence-electron chi connectivity index (χ3n) is 3.75. The molecule has 0 saturated carbocycles. The van der Waals surface area contributed by atoms with Crippen molar-refractivity contribution in [3.05, 3.63) is 35.9 Å². The Morgan fingerprint density at radius 3 is 2.40 bits per heavy atom. The number of carbonyl (C=O) groups is 1. The van der Waals surface area contributed by atoms with E-state index in [0.717, 1.165) is 51.9 Å². The summed E-state index contributed by atoms with van der Waals surface area (Å²) >= 11 is 0. The highest BCUT2D eigenvalue weighted by Gasteiger charge is 2.15. The fraction of sp³-hybridized carbons (Fsp3) is 0.650. The maximum Gasteiger partial charge on any atom is 0.407 e. The molecule has 3 N–H and O–H groups in total. The van der Waals surface area contributed by atoms with Gasteiger partial charge in [-0.1, -0.05) is 36.8 Å². The van der Waals surface area contributed by atoms with Crippen molar-refractivity contribution < 1.29 is 9.53 Å². The molecular weight excluding hydrogens is 314 g/mol. The quantitative estimate of drug-likeness (QED) is 0.600. The molecule has 0 atom stereocenters. The van der Waals surface area contributed by atoms with Crippen LogP contribution >= 0.6 is 0 Å². The average Bonchev–Trinajstić information content (AvgIpc) is 2.54.